The molecule has 0 spiro atoms. The normalized spacial score (nSPS) is 20.0. The van der Waals surface area contributed by atoms with Gasteiger partial charge in [-0.05, 0) is 40.0 Å². The number of rotatable bonds is 5. The highest BCUT2D eigenvalue weighted by Gasteiger charge is 2.32. The van der Waals surface area contributed by atoms with Crippen LogP contribution >= 0.6 is 0 Å². The molecule has 0 saturated carbocycles. The molecule has 5 heteroatoms. The minimum Gasteiger partial charge on any atom is -0.464 e. The van der Waals surface area contributed by atoms with Crippen molar-refractivity contribution in [3.8, 4) is 0 Å². The number of carbonyl (C=O) groups is 2. The highest BCUT2D eigenvalue weighted by molar-refractivity contribution is 5.85. The molecule has 1 fully saturated rings. The average Bonchev–Trinajstić information content (AvgIpc) is 2.36. The molecule has 104 valence electrons. The van der Waals surface area contributed by atoms with Crippen molar-refractivity contribution >= 4 is 11.9 Å². The van der Waals surface area contributed by atoms with Gasteiger partial charge in [0, 0.05) is 6.54 Å². The van der Waals surface area contributed by atoms with E-state index in [0.717, 1.165) is 12.8 Å². The Labute approximate surface area is 108 Å². The number of amides is 1. The van der Waals surface area contributed by atoms with Gasteiger partial charge in [-0.15, -0.1) is 0 Å². The van der Waals surface area contributed by atoms with Crippen molar-refractivity contribution in [1.82, 2.24) is 4.90 Å². The number of likely N-dealkylation sites (tertiary alicyclic amines) is 1. The van der Waals surface area contributed by atoms with Gasteiger partial charge in [-0.1, -0.05) is 0 Å². The van der Waals surface area contributed by atoms with Crippen LogP contribution in [0, 0.1) is 0 Å². The molecular formula is C13H23NO4. The molecule has 0 N–H and O–H groups in total. The number of nitrogens with zero attached hydrogens (tertiary/aromatic N) is 1. The number of ether oxygens (including phenoxy) is 2. The lowest BCUT2D eigenvalue weighted by Gasteiger charge is -2.34. The topological polar surface area (TPSA) is 55.8 Å². The molecular weight excluding hydrogens is 234 g/mol. The molecule has 0 aromatic rings. The molecule has 1 rings (SSSR count). The minimum atomic E-state index is -0.429. The molecule has 1 aliphatic rings. The third kappa shape index (κ3) is 4.29. The molecule has 1 heterocycles. The van der Waals surface area contributed by atoms with Crippen LogP contribution in [0.2, 0.25) is 0 Å². The average molecular weight is 257 g/mol. The van der Waals surface area contributed by atoms with E-state index >= 15 is 0 Å². The fraction of sp³-hybridized carbons (Fsp3) is 0.846. The van der Waals surface area contributed by atoms with Crippen LogP contribution in [0.5, 0.6) is 0 Å². The highest BCUT2D eigenvalue weighted by Crippen LogP contribution is 2.18. The van der Waals surface area contributed by atoms with Crippen molar-refractivity contribution < 1.29 is 19.1 Å². The third-order valence-corrected chi connectivity index (χ3v) is 2.92. The zero-order chi connectivity index (χ0) is 13.5. The Morgan fingerprint density at radius 3 is 2.67 bits per heavy atom. The summed E-state index contributed by atoms with van der Waals surface area (Å²) in [7, 11) is 0. The Hall–Kier alpha value is -1.10. The third-order valence-electron chi connectivity index (χ3n) is 2.92. The molecule has 0 radical (unpaired) electrons. The van der Waals surface area contributed by atoms with Crippen LogP contribution in [0.4, 0.5) is 0 Å². The van der Waals surface area contributed by atoms with E-state index in [0.29, 0.717) is 19.6 Å². The number of hydrogen-bond donors (Lipinski definition) is 0. The summed E-state index contributed by atoms with van der Waals surface area (Å²) in [6, 6.07) is -0.429. The number of esters is 1. The summed E-state index contributed by atoms with van der Waals surface area (Å²) in [6.07, 6.45) is 2.59. The molecule has 5 nitrogen and oxygen atoms in total. The summed E-state index contributed by atoms with van der Waals surface area (Å²) >= 11 is 0. The maximum Gasteiger partial charge on any atom is 0.328 e. The molecule has 0 aromatic carbocycles. The summed E-state index contributed by atoms with van der Waals surface area (Å²) in [5, 5.41) is 0. The van der Waals surface area contributed by atoms with E-state index in [1.54, 1.807) is 11.8 Å². The number of piperidine rings is 1. The Morgan fingerprint density at radius 2 is 2.06 bits per heavy atom. The predicted molar refractivity (Wildman–Crippen MR) is 67.1 cm³/mol. The van der Waals surface area contributed by atoms with E-state index in [4.69, 9.17) is 9.47 Å². The Balaban J connectivity index is 2.58. The van der Waals surface area contributed by atoms with Gasteiger partial charge in [-0.25, -0.2) is 4.79 Å². The largest absolute Gasteiger partial charge is 0.464 e. The Kier molecular flexibility index (Phi) is 6.12. The molecule has 1 amide bonds. The van der Waals surface area contributed by atoms with Crippen molar-refractivity contribution in [2.45, 2.75) is 52.2 Å². The van der Waals surface area contributed by atoms with E-state index in [9.17, 15) is 9.59 Å². The standard InChI is InChI=1S/C13H23NO4/c1-4-17-13(16)11-7-5-6-8-14(11)12(15)9-18-10(2)3/h10-11H,4-9H2,1-3H3. The quantitative estimate of drug-likeness (QED) is 0.698. The van der Waals surface area contributed by atoms with E-state index < -0.39 is 6.04 Å². The van der Waals surface area contributed by atoms with Gasteiger partial charge >= 0.3 is 5.97 Å². The molecule has 0 bridgehead atoms. The van der Waals surface area contributed by atoms with Gasteiger partial charge in [0.25, 0.3) is 0 Å². The van der Waals surface area contributed by atoms with Crippen LogP contribution in [0.1, 0.15) is 40.0 Å². The first-order valence-electron chi connectivity index (χ1n) is 6.64. The smallest absolute Gasteiger partial charge is 0.328 e. The zero-order valence-corrected chi connectivity index (χ0v) is 11.5. The van der Waals surface area contributed by atoms with Crippen LogP contribution in [0.25, 0.3) is 0 Å². The van der Waals surface area contributed by atoms with Crippen LogP contribution < -0.4 is 0 Å². The van der Waals surface area contributed by atoms with E-state index in [1.165, 1.54) is 0 Å². The van der Waals surface area contributed by atoms with Crippen LogP contribution in [0.3, 0.4) is 0 Å². The fourth-order valence-corrected chi connectivity index (χ4v) is 2.03. The monoisotopic (exact) mass is 257 g/mol. The van der Waals surface area contributed by atoms with Crippen LogP contribution in [-0.4, -0.2) is 48.7 Å². The lowest BCUT2D eigenvalue weighted by molar-refractivity contribution is -0.158. The van der Waals surface area contributed by atoms with Crippen LogP contribution in [-0.2, 0) is 19.1 Å². The molecule has 1 unspecified atom stereocenters. The lowest BCUT2D eigenvalue weighted by Crippen LogP contribution is -2.50. The summed E-state index contributed by atoms with van der Waals surface area (Å²) in [6.45, 7) is 6.53. The van der Waals surface area contributed by atoms with Gasteiger partial charge in [-0.2, -0.15) is 0 Å². The van der Waals surface area contributed by atoms with Gasteiger partial charge in [0.05, 0.1) is 12.7 Å². The Bertz CT molecular complexity index is 291. The van der Waals surface area contributed by atoms with Crippen molar-refractivity contribution in [2.75, 3.05) is 19.8 Å². The predicted octanol–water partition coefficient (Wildman–Crippen LogP) is 1.36. The summed E-state index contributed by atoms with van der Waals surface area (Å²) in [5.41, 5.74) is 0. The maximum atomic E-state index is 12.0. The molecule has 1 atom stereocenters. The second-order valence-electron chi connectivity index (χ2n) is 4.71. The number of hydrogen-bond acceptors (Lipinski definition) is 4. The summed E-state index contributed by atoms with van der Waals surface area (Å²) in [4.78, 5) is 25.4. The Morgan fingerprint density at radius 1 is 1.33 bits per heavy atom. The number of carbonyl (C=O) groups excluding carboxylic acids is 2. The van der Waals surface area contributed by atoms with Gasteiger partial charge in [-0.3, -0.25) is 4.79 Å². The van der Waals surface area contributed by atoms with Gasteiger partial charge in [0.2, 0.25) is 5.91 Å². The minimum absolute atomic E-state index is 0.0137. The molecule has 0 aliphatic carbocycles. The zero-order valence-electron chi connectivity index (χ0n) is 11.5. The van der Waals surface area contributed by atoms with E-state index in [2.05, 4.69) is 0 Å². The van der Waals surface area contributed by atoms with Crippen molar-refractivity contribution in [2.24, 2.45) is 0 Å². The SMILES string of the molecule is CCOC(=O)C1CCCCN1C(=O)COC(C)C. The maximum absolute atomic E-state index is 12.0. The first-order chi connectivity index (χ1) is 8.56. The van der Waals surface area contributed by atoms with E-state index in [1.807, 2.05) is 13.8 Å². The van der Waals surface area contributed by atoms with Gasteiger partial charge in [0.15, 0.2) is 0 Å². The lowest BCUT2D eigenvalue weighted by atomic mass is 10.0. The van der Waals surface area contributed by atoms with Crippen molar-refractivity contribution in [1.29, 1.82) is 0 Å². The summed E-state index contributed by atoms with van der Waals surface area (Å²) in [5.74, 6) is -0.420. The highest BCUT2D eigenvalue weighted by atomic mass is 16.5. The molecule has 1 aliphatic heterocycles. The molecule has 18 heavy (non-hydrogen) atoms. The van der Waals surface area contributed by atoms with Crippen molar-refractivity contribution in [3.05, 3.63) is 0 Å². The molecule has 0 aromatic heterocycles. The first-order valence-corrected chi connectivity index (χ1v) is 6.64. The second kappa shape index (κ2) is 7.36. The molecule has 1 saturated heterocycles. The van der Waals surface area contributed by atoms with Gasteiger partial charge in [0.1, 0.15) is 12.6 Å². The fourth-order valence-electron chi connectivity index (χ4n) is 2.03. The first kappa shape index (κ1) is 15.0. The van der Waals surface area contributed by atoms with E-state index in [-0.39, 0.29) is 24.6 Å². The van der Waals surface area contributed by atoms with Gasteiger partial charge < -0.3 is 14.4 Å². The van der Waals surface area contributed by atoms with Crippen LogP contribution in [0.15, 0.2) is 0 Å². The van der Waals surface area contributed by atoms with Crippen molar-refractivity contribution in [3.63, 3.8) is 0 Å². The summed E-state index contributed by atoms with van der Waals surface area (Å²) < 4.78 is 10.3. The second-order valence-corrected chi connectivity index (χ2v) is 4.71.